The molecule has 0 heterocycles. The molecule has 0 radical (unpaired) electrons. The van der Waals surface area contributed by atoms with Crippen LogP contribution in [0.4, 0.5) is 5.69 Å². The minimum Gasteiger partial charge on any atom is -0.497 e. The van der Waals surface area contributed by atoms with E-state index in [4.69, 9.17) is 4.74 Å². The fourth-order valence-electron chi connectivity index (χ4n) is 4.04. The Hall–Kier alpha value is -4.32. The summed E-state index contributed by atoms with van der Waals surface area (Å²) in [6.45, 7) is 4.21. The highest BCUT2D eigenvalue weighted by atomic mass is 16.5. The van der Waals surface area contributed by atoms with E-state index < -0.39 is 6.04 Å². The molecule has 0 aliphatic heterocycles. The van der Waals surface area contributed by atoms with Gasteiger partial charge < -0.3 is 10.1 Å². The number of amides is 2. The third-order valence-electron chi connectivity index (χ3n) is 5.87. The molecule has 0 aliphatic rings. The third kappa shape index (κ3) is 5.44. The van der Waals surface area contributed by atoms with Crippen LogP contribution in [0, 0.1) is 6.92 Å². The number of nitrogens with zero attached hydrogens (tertiary/aromatic N) is 1. The van der Waals surface area contributed by atoms with E-state index in [0.29, 0.717) is 12.1 Å². The lowest BCUT2D eigenvalue weighted by Gasteiger charge is -2.29. The average Bonchev–Trinajstić information content (AvgIpc) is 2.90. The SMILES string of the molecule is CCN(Nc1ccc(OC)cc1)C(=O)C(NC(=O)c1cccc(C)c1)c1cccc2ccccc12. The van der Waals surface area contributed by atoms with E-state index in [1.54, 1.807) is 13.2 Å². The quantitative estimate of drug-likeness (QED) is 0.336. The maximum Gasteiger partial charge on any atom is 0.268 e. The Kier molecular flexibility index (Phi) is 7.31. The van der Waals surface area contributed by atoms with Crippen molar-refractivity contribution in [3.63, 3.8) is 0 Å². The monoisotopic (exact) mass is 467 g/mol. The van der Waals surface area contributed by atoms with E-state index in [9.17, 15) is 9.59 Å². The molecular weight excluding hydrogens is 438 g/mol. The third-order valence-corrected chi connectivity index (χ3v) is 5.87. The number of hydrogen-bond donors (Lipinski definition) is 2. The summed E-state index contributed by atoms with van der Waals surface area (Å²) in [5.74, 6) is 0.158. The lowest BCUT2D eigenvalue weighted by molar-refractivity contribution is -0.131. The molecule has 0 bridgehead atoms. The number of methoxy groups -OCH3 is 1. The van der Waals surface area contributed by atoms with Gasteiger partial charge in [0.25, 0.3) is 11.8 Å². The topological polar surface area (TPSA) is 70.7 Å². The van der Waals surface area contributed by atoms with Gasteiger partial charge in [-0.15, -0.1) is 0 Å². The summed E-state index contributed by atoms with van der Waals surface area (Å²) in [4.78, 5) is 27.1. The van der Waals surface area contributed by atoms with Crippen LogP contribution < -0.4 is 15.5 Å². The van der Waals surface area contributed by atoms with Crippen molar-refractivity contribution in [2.75, 3.05) is 19.1 Å². The van der Waals surface area contributed by atoms with Crippen molar-refractivity contribution in [3.05, 3.63) is 108 Å². The molecule has 4 aromatic carbocycles. The van der Waals surface area contributed by atoms with Crippen LogP contribution in [0.2, 0.25) is 0 Å². The van der Waals surface area contributed by atoms with Gasteiger partial charge in [-0.25, -0.2) is 0 Å². The molecule has 4 aromatic rings. The summed E-state index contributed by atoms with van der Waals surface area (Å²) in [6.07, 6.45) is 0. The molecule has 0 spiro atoms. The first-order valence-electron chi connectivity index (χ1n) is 11.6. The molecule has 35 heavy (non-hydrogen) atoms. The van der Waals surface area contributed by atoms with Crippen molar-refractivity contribution in [1.82, 2.24) is 10.3 Å². The van der Waals surface area contributed by atoms with Crippen molar-refractivity contribution in [2.24, 2.45) is 0 Å². The molecule has 0 aliphatic carbocycles. The van der Waals surface area contributed by atoms with Crippen LogP contribution >= 0.6 is 0 Å². The number of hydrazine groups is 1. The number of benzene rings is 4. The van der Waals surface area contributed by atoms with E-state index in [2.05, 4.69) is 10.7 Å². The van der Waals surface area contributed by atoms with Crippen molar-refractivity contribution in [1.29, 1.82) is 0 Å². The number of carbonyl (C=O) groups is 2. The predicted octanol–water partition coefficient (Wildman–Crippen LogP) is 5.50. The van der Waals surface area contributed by atoms with Crippen molar-refractivity contribution in [2.45, 2.75) is 19.9 Å². The second kappa shape index (κ2) is 10.7. The van der Waals surface area contributed by atoms with Gasteiger partial charge in [-0.1, -0.05) is 60.2 Å². The number of ether oxygens (including phenoxy) is 1. The summed E-state index contributed by atoms with van der Waals surface area (Å²) in [7, 11) is 1.61. The minimum absolute atomic E-state index is 0.263. The maximum atomic E-state index is 13.9. The zero-order valence-corrected chi connectivity index (χ0v) is 20.1. The first-order valence-corrected chi connectivity index (χ1v) is 11.6. The number of anilines is 1. The molecule has 1 atom stereocenters. The number of carbonyl (C=O) groups excluding carboxylic acids is 2. The van der Waals surface area contributed by atoms with E-state index in [-0.39, 0.29) is 11.8 Å². The Bertz CT molecular complexity index is 1330. The average molecular weight is 468 g/mol. The Morgan fingerprint density at radius 1 is 0.914 bits per heavy atom. The zero-order chi connectivity index (χ0) is 24.8. The largest absolute Gasteiger partial charge is 0.497 e. The molecule has 2 N–H and O–H groups in total. The fourth-order valence-corrected chi connectivity index (χ4v) is 4.04. The molecular formula is C29H29N3O3. The summed E-state index contributed by atoms with van der Waals surface area (Å²) in [5, 5.41) is 6.43. The molecule has 178 valence electrons. The molecule has 4 rings (SSSR count). The number of rotatable bonds is 8. The smallest absolute Gasteiger partial charge is 0.268 e. The first kappa shape index (κ1) is 23.8. The van der Waals surface area contributed by atoms with Crippen molar-refractivity contribution in [3.8, 4) is 5.75 Å². The normalized spacial score (nSPS) is 11.5. The van der Waals surface area contributed by atoms with Gasteiger partial charge in [-0.2, -0.15) is 0 Å². The summed E-state index contributed by atoms with van der Waals surface area (Å²) in [6, 6.07) is 27.4. The van der Waals surface area contributed by atoms with Crippen molar-refractivity contribution < 1.29 is 14.3 Å². The maximum absolute atomic E-state index is 13.9. The van der Waals surface area contributed by atoms with Crippen LogP contribution in [-0.4, -0.2) is 30.5 Å². The van der Waals surface area contributed by atoms with Crippen LogP contribution in [0.25, 0.3) is 10.8 Å². The van der Waals surface area contributed by atoms with Gasteiger partial charge in [0, 0.05) is 12.1 Å². The number of fused-ring (bicyclic) bond motifs is 1. The van der Waals surface area contributed by atoms with E-state index in [1.165, 1.54) is 5.01 Å². The summed E-state index contributed by atoms with van der Waals surface area (Å²) >= 11 is 0. The second-order valence-corrected chi connectivity index (χ2v) is 8.27. The molecule has 2 amide bonds. The molecule has 0 saturated carbocycles. The minimum atomic E-state index is -0.889. The van der Waals surface area contributed by atoms with Gasteiger partial charge >= 0.3 is 0 Å². The Morgan fingerprint density at radius 2 is 1.63 bits per heavy atom. The molecule has 6 nitrogen and oxygen atoms in total. The molecule has 1 unspecified atom stereocenters. The molecule has 0 saturated heterocycles. The van der Waals surface area contributed by atoms with Gasteiger partial charge in [0.1, 0.15) is 11.8 Å². The lowest BCUT2D eigenvalue weighted by atomic mass is 9.97. The highest BCUT2D eigenvalue weighted by molar-refractivity contribution is 6.00. The standard InChI is InChI=1S/C29H29N3O3/c1-4-32(31-23-15-17-24(35-3)18-16-23)29(34)27(30-28(33)22-12-7-9-20(2)19-22)26-14-8-11-21-10-5-6-13-25(21)26/h5-19,27,31H,4H2,1-3H3,(H,30,33). The van der Waals surface area contributed by atoms with Gasteiger partial charge in [0.15, 0.2) is 0 Å². The molecule has 0 aromatic heterocycles. The van der Waals surface area contributed by atoms with Crippen LogP contribution in [0.3, 0.4) is 0 Å². The van der Waals surface area contributed by atoms with Gasteiger partial charge in [0.05, 0.1) is 12.8 Å². The van der Waals surface area contributed by atoms with Gasteiger partial charge in [-0.05, 0) is 66.6 Å². The van der Waals surface area contributed by atoms with Crippen LogP contribution in [-0.2, 0) is 4.79 Å². The van der Waals surface area contributed by atoms with E-state index in [1.807, 2.05) is 98.8 Å². The van der Waals surface area contributed by atoms with Gasteiger partial charge in [-0.3, -0.25) is 20.0 Å². The fraction of sp³-hybridized carbons (Fsp3) is 0.172. The highest BCUT2D eigenvalue weighted by Crippen LogP contribution is 2.27. The van der Waals surface area contributed by atoms with E-state index in [0.717, 1.165) is 33.3 Å². The summed E-state index contributed by atoms with van der Waals surface area (Å²) in [5.41, 5.74) is 6.14. The number of hydrogen-bond acceptors (Lipinski definition) is 4. The first-order chi connectivity index (χ1) is 17.0. The second-order valence-electron chi connectivity index (χ2n) is 8.27. The van der Waals surface area contributed by atoms with Crippen LogP contribution in [0.15, 0.2) is 91.0 Å². The highest BCUT2D eigenvalue weighted by Gasteiger charge is 2.29. The zero-order valence-electron chi connectivity index (χ0n) is 20.1. The predicted molar refractivity (Wildman–Crippen MR) is 139 cm³/mol. The molecule has 6 heteroatoms. The number of aryl methyl sites for hydroxylation is 1. The Labute approximate surface area is 205 Å². The Balaban J connectivity index is 1.70. The molecule has 0 fully saturated rings. The van der Waals surface area contributed by atoms with Gasteiger partial charge in [0.2, 0.25) is 0 Å². The van der Waals surface area contributed by atoms with Crippen LogP contribution in [0.5, 0.6) is 5.75 Å². The van der Waals surface area contributed by atoms with Crippen LogP contribution in [0.1, 0.15) is 34.5 Å². The number of likely N-dealkylation sites (N-methyl/N-ethyl adjacent to an activating group) is 1. The van der Waals surface area contributed by atoms with Crippen molar-refractivity contribution >= 4 is 28.3 Å². The van der Waals surface area contributed by atoms with E-state index >= 15 is 0 Å². The summed E-state index contributed by atoms with van der Waals surface area (Å²) < 4.78 is 5.22. The Morgan fingerprint density at radius 3 is 2.34 bits per heavy atom. The number of nitrogens with one attached hydrogen (secondary N) is 2. The lowest BCUT2D eigenvalue weighted by Crippen LogP contribution is -2.45.